The summed E-state index contributed by atoms with van der Waals surface area (Å²) in [6, 6.07) is 16.1. The summed E-state index contributed by atoms with van der Waals surface area (Å²) in [6.45, 7) is 0. The van der Waals surface area contributed by atoms with E-state index >= 15 is 0 Å². The highest BCUT2D eigenvalue weighted by Crippen LogP contribution is 2.30. The number of benzene rings is 2. The summed E-state index contributed by atoms with van der Waals surface area (Å²) in [5, 5.41) is 0. The van der Waals surface area contributed by atoms with Gasteiger partial charge in [-0.2, -0.15) is 0 Å². The van der Waals surface area contributed by atoms with Crippen LogP contribution in [0.2, 0.25) is 0 Å². The van der Waals surface area contributed by atoms with Crippen molar-refractivity contribution in [2.24, 2.45) is 0 Å². The van der Waals surface area contributed by atoms with Crippen molar-refractivity contribution in [3.63, 3.8) is 0 Å². The van der Waals surface area contributed by atoms with Gasteiger partial charge in [0.15, 0.2) is 0 Å². The van der Waals surface area contributed by atoms with E-state index in [1.807, 2.05) is 30.3 Å². The fraction of sp³-hybridized carbons (Fsp3) is 0.158. The van der Waals surface area contributed by atoms with E-state index in [9.17, 15) is 0 Å². The monoisotopic (exact) mass is 260 g/mol. The smallest absolute Gasteiger partial charge is 0.118 e. The van der Waals surface area contributed by atoms with Crippen LogP contribution in [-0.4, -0.2) is 7.11 Å². The Bertz CT molecular complexity index is 691. The predicted octanol–water partition coefficient (Wildman–Crippen LogP) is 4.27. The summed E-state index contributed by atoms with van der Waals surface area (Å²) < 4.78 is 5.15. The van der Waals surface area contributed by atoms with Crippen LogP contribution in [0.3, 0.4) is 0 Å². The van der Waals surface area contributed by atoms with Crippen molar-refractivity contribution in [1.29, 1.82) is 0 Å². The average molecular weight is 260 g/mol. The first-order chi connectivity index (χ1) is 9.85. The third kappa shape index (κ3) is 3.10. The van der Waals surface area contributed by atoms with Gasteiger partial charge >= 0.3 is 0 Å². The Hall–Kier alpha value is -2.46. The fourth-order valence-corrected chi connectivity index (χ4v) is 1.99. The Morgan fingerprint density at radius 3 is 2.40 bits per heavy atom. The van der Waals surface area contributed by atoms with Crippen LogP contribution in [0.25, 0.3) is 6.08 Å². The first-order valence-electron chi connectivity index (χ1n) is 6.80. The molecule has 0 atom stereocenters. The van der Waals surface area contributed by atoms with Crippen LogP contribution in [-0.2, 0) is 0 Å². The van der Waals surface area contributed by atoms with Gasteiger partial charge in [0.05, 0.1) is 7.11 Å². The van der Waals surface area contributed by atoms with Gasteiger partial charge in [-0.25, -0.2) is 0 Å². The van der Waals surface area contributed by atoms with E-state index in [-0.39, 0.29) is 0 Å². The second-order valence-electron chi connectivity index (χ2n) is 4.87. The molecule has 1 fully saturated rings. The molecule has 2 aromatic rings. The summed E-state index contributed by atoms with van der Waals surface area (Å²) in [6.07, 6.45) is 4.73. The van der Waals surface area contributed by atoms with Crippen molar-refractivity contribution in [2.45, 2.75) is 12.8 Å². The lowest BCUT2D eigenvalue weighted by Gasteiger charge is -1.99. The van der Waals surface area contributed by atoms with Crippen LogP contribution in [0.15, 0.2) is 54.1 Å². The van der Waals surface area contributed by atoms with E-state index in [2.05, 4.69) is 36.1 Å². The Kier molecular flexibility index (Phi) is 3.56. The molecular formula is C19H16O. The summed E-state index contributed by atoms with van der Waals surface area (Å²) in [7, 11) is 1.67. The van der Waals surface area contributed by atoms with Crippen LogP contribution in [0.1, 0.15) is 29.5 Å². The van der Waals surface area contributed by atoms with Crippen molar-refractivity contribution >= 4 is 6.08 Å². The Labute approximate surface area is 119 Å². The molecule has 0 N–H and O–H groups in total. The molecule has 1 aliphatic carbocycles. The zero-order valence-electron chi connectivity index (χ0n) is 11.5. The number of rotatable bonds is 2. The lowest BCUT2D eigenvalue weighted by atomic mass is 10.1. The summed E-state index contributed by atoms with van der Waals surface area (Å²) in [5.41, 5.74) is 4.83. The Morgan fingerprint density at radius 2 is 1.70 bits per heavy atom. The molecule has 0 amide bonds. The lowest BCUT2D eigenvalue weighted by molar-refractivity contribution is 0.415. The number of hydrogen-bond donors (Lipinski definition) is 0. The largest absolute Gasteiger partial charge is 0.497 e. The second-order valence-corrected chi connectivity index (χ2v) is 4.87. The normalized spacial score (nSPS) is 12.3. The minimum Gasteiger partial charge on any atom is -0.497 e. The molecular weight excluding hydrogens is 244 g/mol. The van der Waals surface area contributed by atoms with E-state index < -0.39 is 0 Å². The van der Waals surface area contributed by atoms with Gasteiger partial charge in [-0.3, -0.25) is 0 Å². The van der Waals surface area contributed by atoms with Crippen LogP contribution >= 0.6 is 0 Å². The highest BCUT2D eigenvalue weighted by Gasteiger charge is 2.11. The van der Waals surface area contributed by atoms with Gasteiger partial charge in [0.1, 0.15) is 5.75 Å². The van der Waals surface area contributed by atoms with Gasteiger partial charge in [-0.1, -0.05) is 41.7 Å². The van der Waals surface area contributed by atoms with E-state index in [0.29, 0.717) is 0 Å². The zero-order valence-corrected chi connectivity index (χ0v) is 11.5. The first kappa shape index (κ1) is 12.6. The van der Waals surface area contributed by atoms with Crippen LogP contribution in [0, 0.1) is 11.8 Å². The van der Waals surface area contributed by atoms with Gasteiger partial charge in [0.25, 0.3) is 0 Å². The molecule has 1 heteroatoms. The molecule has 0 bridgehead atoms. The Morgan fingerprint density at radius 1 is 0.950 bits per heavy atom. The number of ether oxygens (including phenoxy) is 1. The van der Waals surface area contributed by atoms with Crippen LogP contribution in [0.4, 0.5) is 0 Å². The molecule has 0 unspecified atom stereocenters. The third-order valence-electron chi connectivity index (χ3n) is 3.29. The van der Waals surface area contributed by atoms with E-state index in [1.165, 1.54) is 24.0 Å². The second kappa shape index (κ2) is 5.67. The molecule has 0 spiro atoms. The zero-order chi connectivity index (χ0) is 13.8. The SMILES string of the molecule is COc1ccc(C#Cc2ccccc2C=C2CC2)cc1. The maximum absolute atomic E-state index is 5.15. The number of allylic oxidation sites excluding steroid dienone is 1. The van der Waals surface area contributed by atoms with Crippen molar-refractivity contribution in [2.75, 3.05) is 7.11 Å². The summed E-state index contributed by atoms with van der Waals surface area (Å²) in [5.74, 6) is 7.33. The standard InChI is InChI=1S/C19H16O/c1-20-19-12-9-15(10-13-19)8-11-17-4-2-3-5-18(17)14-16-6-7-16/h2-5,9-10,12-14H,6-7H2,1H3. The van der Waals surface area contributed by atoms with Gasteiger partial charge in [-0.15, -0.1) is 0 Å². The van der Waals surface area contributed by atoms with Crippen molar-refractivity contribution < 1.29 is 4.74 Å². The maximum Gasteiger partial charge on any atom is 0.118 e. The molecule has 3 rings (SSSR count). The minimum atomic E-state index is 0.856. The quantitative estimate of drug-likeness (QED) is 0.733. The molecule has 0 radical (unpaired) electrons. The molecule has 98 valence electrons. The maximum atomic E-state index is 5.15. The highest BCUT2D eigenvalue weighted by molar-refractivity contribution is 5.64. The molecule has 0 heterocycles. The average Bonchev–Trinajstić information content (AvgIpc) is 3.31. The molecule has 1 nitrogen and oxygen atoms in total. The van der Waals surface area contributed by atoms with Crippen molar-refractivity contribution in [1.82, 2.24) is 0 Å². The van der Waals surface area contributed by atoms with Crippen LogP contribution < -0.4 is 4.74 Å². The lowest BCUT2D eigenvalue weighted by Crippen LogP contribution is -1.83. The van der Waals surface area contributed by atoms with Crippen LogP contribution in [0.5, 0.6) is 5.75 Å². The highest BCUT2D eigenvalue weighted by atomic mass is 16.5. The molecule has 0 aromatic heterocycles. The van der Waals surface area contributed by atoms with E-state index in [1.54, 1.807) is 7.11 Å². The van der Waals surface area contributed by atoms with Crippen molar-refractivity contribution in [3.05, 3.63) is 70.8 Å². The number of methoxy groups -OCH3 is 1. The molecule has 20 heavy (non-hydrogen) atoms. The van der Waals surface area contributed by atoms with Gasteiger partial charge < -0.3 is 4.74 Å². The molecule has 1 saturated carbocycles. The predicted molar refractivity (Wildman–Crippen MR) is 82.6 cm³/mol. The van der Waals surface area contributed by atoms with Gasteiger partial charge in [0, 0.05) is 11.1 Å². The fourth-order valence-electron chi connectivity index (χ4n) is 1.99. The minimum absolute atomic E-state index is 0.856. The molecule has 0 saturated heterocycles. The van der Waals surface area contributed by atoms with E-state index in [0.717, 1.165) is 16.9 Å². The van der Waals surface area contributed by atoms with Gasteiger partial charge in [0.2, 0.25) is 0 Å². The first-order valence-corrected chi connectivity index (χ1v) is 6.80. The summed E-state index contributed by atoms with van der Waals surface area (Å²) >= 11 is 0. The molecule has 0 aliphatic heterocycles. The summed E-state index contributed by atoms with van der Waals surface area (Å²) in [4.78, 5) is 0. The molecule has 1 aliphatic rings. The van der Waals surface area contributed by atoms with E-state index in [4.69, 9.17) is 4.74 Å². The van der Waals surface area contributed by atoms with Gasteiger partial charge in [-0.05, 0) is 48.7 Å². The Balaban J connectivity index is 1.87. The topological polar surface area (TPSA) is 9.23 Å². The number of hydrogen-bond acceptors (Lipinski definition) is 1. The van der Waals surface area contributed by atoms with Crippen molar-refractivity contribution in [3.8, 4) is 17.6 Å². The third-order valence-corrected chi connectivity index (χ3v) is 3.29. The molecule has 2 aromatic carbocycles.